The van der Waals surface area contributed by atoms with E-state index in [0.29, 0.717) is 11.4 Å². The van der Waals surface area contributed by atoms with E-state index >= 15 is 0 Å². The van der Waals surface area contributed by atoms with Crippen LogP contribution in [0.4, 0.5) is 0 Å². The second-order valence-electron chi connectivity index (χ2n) is 3.92. The van der Waals surface area contributed by atoms with Crippen molar-refractivity contribution in [2.45, 2.75) is 25.8 Å². The number of nitriles is 1. The van der Waals surface area contributed by atoms with E-state index in [-0.39, 0.29) is 0 Å². The molecule has 0 saturated heterocycles. The maximum absolute atomic E-state index is 8.92. The highest BCUT2D eigenvalue weighted by Crippen LogP contribution is 2.20. The van der Waals surface area contributed by atoms with Gasteiger partial charge in [0.15, 0.2) is 5.82 Å². The Labute approximate surface area is 111 Å². The lowest BCUT2D eigenvalue weighted by atomic mass is 10.1. The van der Waals surface area contributed by atoms with E-state index in [9.17, 15) is 0 Å². The van der Waals surface area contributed by atoms with Crippen LogP contribution in [0.2, 0.25) is 0 Å². The Morgan fingerprint density at radius 3 is 2.89 bits per heavy atom. The highest BCUT2D eigenvalue weighted by Gasteiger charge is 2.12. The van der Waals surface area contributed by atoms with Crippen molar-refractivity contribution in [2.24, 2.45) is 0 Å². The molecule has 0 aliphatic rings. The predicted octanol–water partition coefficient (Wildman–Crippen LogP) is 2.97. The fourth-order valence-electron chi connectivity index (χ4n) is 1.83. The molecule has 0 amide bonds. The van der Waals surface area contributed by atoms with Crippen LogP contribution in [0.15, 0.2) is 24.3 Å². The SMILES string of the molecule is CCCn1c(CCl)nnc1-c1cccc(C#N)c1. The number of benzene rings is 1. The molecular weight excluding hydrogens is 248 g/mol. The van der Waals surface area contributed by atoms with E-state index in [2.05, 4.69) is 23.2 Å². The smallest absolute Gasteiger partial charge is 0.164 e. The zero-order valence-electron chi connectivity index (χ0n) is 10.1. The van der Waals surface area contributed by atoms with Crippen LogP contribution in [0.3, 0.4) is 0 Å². The molecule has 1 heterocycles. The zero-order chi connectivity index (χ0) is 13.0. The number of hydrogen-bond donors (Lipinski definition) is 0. The number of rotatable bonds is 4. The summed E-state index contributed by atoms with van der Waals surface area (Å²) in [5.41, 5.74) is 1.51. The van der Waals surface area contributed by atoms with Gasteiger partial charge in [-0.25, -0.2) is 0 Å². The summed E-state index contributed by atoms with van der Waals surface area (Å²) in [6.45, 7) is 2.91. The average Bonchev–Trinajstić information content (AvgIpc) is 2.82. The molecule has 0 atom stereocenters. The lowest BCUT2D eigenvalue weighted by Gasteiger charge is -2.07. The molecule has 18 heavy (non-hydrogen) atoms. The first-order valence-corrected chi connectivity index (χ1v) is 6.32. The molecular formula is C13H13ClN4. The molecule has 0 unspecified atom stereocenters. The summed E-state index contributed by atoms with van der Waals surface area (Å²) in [5.74, 6) is 1.87. The lowest BCUT2D eigenvalue weighted by molar-refractivity contribution is 0.659. The topological polar surface area (TPSA) is 54.5 Å². The van der Waals surface area contributed by atoms with Gasteiger partial charge in [0.2, 0.25) is 0 Å². The molecule has 1 aromatic carbocycles. The highest BCUT2D eigenvalue weighted by atomic mass is 35.5. The molecule has 0 radical (unpaired) electrons. The van der Waals surface area contributed by atoms with Crippen LogP contribution < -0.4 is 0 Å². The van der Waals surface area contributed by atoms with Gasteiger partial charge in [0, 0.05) is 12.1 Å². The minimum atomic E-state index is 0.338. The van der Waals surface area contributed by atoms with E-state index in [4.69, 9.17) is 16.9 Å². The summed E-state index contributed by atoms with van der Waals surface area (Å²) in [4.78, 5) is 0. The Morgan fingerprint density at radius 2 is 2.22 bits per heavy atom. The van der Waals surface area contributed by atoms with E-state index in [1.165, 1.54) is 0 Å². The zero-order valence-corrected chi connectivity index (χ0v) is 10.9. The summed E-state index contributed by atoms with van der Waals surface area (Å²) in [6.07, 6.45) is 0.979. The summed E-state index contributed by atoms with van der Waals surface area (Å²) in [5, 5.41) is 17.2. The number of nitrogens with zero attached hydrogens (tertiary/aromatic N) is 4. The third kappa shape index (κ3) is 2.36. The molecule has 1 aromatic heterocycles. The van der Waals surface area contributed by atoms with Gasteiger partial charge in [0.05, 0.1) is 17.5 Å². The molecule has 0 aliphatic carbocycles. The molecule has 0 saturated carbocycles. The van der Waals surface area contributed by atoms with Crippen molar-refractivity contribution in [3.63, 3.8) is 0 Å². The van der Waals surface area contributed by atoms with Crippen molar-refractivity contribution >= 4 is 11.6 Å². The van der Waals surface area contributed by atoms with Crippen LogP contribution in [0.5, 0.6) is 0 Å². The molecule has 0 aliphatic heterocycles. The van der Waals surface area contributed by atoms with Gasteiger partial charge in [-0.05, 0) is 18.6 Å². The first-order chi connectivity index (χ1) is 8.80. The molecule has 4 nitrogen and oxygen atoms in total. The fraction of sp³-hybridized carbons (Fsp3) is 0.308. The number of halogens is 1. The van der Waals surface area contributed by atoms with Crippen LogP contribution >= 0.6 is 11.6 Å². The van der Waals surface area contributed by atoms with Gasteiger partial charge in [0.1, 0.15) is 5.82 Å². The van der Waals surface area contributed by atoms with E-state index in [0.717, 1.165) is 30.2 Å². The fourth-order valence-corrected chi connectivity index (χ4v) is 2.03. The third-order valence-corrected chi connectivity index (χ3v) is 2.88. The standard InChI is InChI=1S/C13H13ClN4/c1-2-6-18-12(8-14)16-17-13(18)11-5-3-4-10(7-11)9-15/h3-5,7H,2,6,8H2,1H3. The van der Waals surface area contributed by atoms with Gasteiger partial charge in [-0.15, -0.1) is 21.8 Å². The summed E-state index contributed by atoms with van der Waals surface area (Å²) in [7, 11) is 0. The van der Waals surface area contributed by atoms with Crippen LogP contribution in [-0.4, -0.2) is 14.8 Å². The quantitative estimate of drug-likeness (QED) is 0.794. The second kappa shape index (κ2) is 5.65. The van der Waals surface area contributed by atoms with Crippen molar-refractivity contribution < 1.29 is 0 Å². The van der Waals surface area contributed by atoms with E-state index < -0.39 is 0 Å². The van der Waals surface area contributed by atoms with Gasteiger partial charge in [-0.2, -0.15) is 5.26 Å². The summed E-state index contributed by atoms with van der Waals surface area (Å²) < 4.78 is 2.00. The van der Waals surface area contributed by atoms with Crippen molar-refractivity contribution in [1.82, 2.24) is 14.8 Å². The van der Waals surface area contributed by atoms with Gasteiger partial charge >= 0.3 is 0 Å². The second-order valence-corrected chi connectivity index (χ2v) is 4.18. The first kappa shape index (κ1) is 12.6. The maximum atomic E-state index is 8.92. The Hall–Kier alpha value is -1.86. The number of hydrogen-bond acceptors (Lipinski definition) is 3. The first-order valence-electron chi connectivity index (χ1n) is 5.78. The predicted molar refractivity (Wildman–Crippen MR) is 70.0 cm³/mol. The molecule has 0 N–H and O–H groups in total. The molecule has 5 heteroatoms. The average molecular weight is 261 g/mol. The van der Waals surface area contributed by atoms with Crippen molar-refractivity contribution in [3.8, 4) is 17.5 Å². The van der Waals surface area contributed by atoms with Crippen molar-refractivity contribution in [3.05, 3.63) is 35.7 Å². The molecule has 92 valence electrons. The largest absolute Gasteiger partial charge is 0.310 e. The van der Waals surface area contributed by atoms with Crippen LogP contribution in [0, 0.1) is 11.3 Å². The molecule has 2 rings (SSSR count). The third-order valence-electron chi connectivity index (χ3n) is 2.64. The van der Waals surface area contributed by atoms with Gasteiger partial charge in [-0.3, -0.25) is 0 Å². The Morgan fingerprint density at radius 1 is 1.39 bits per heavy atom. The van der Waals surface area contributed by atoms with E-state index in [1.54, 1.807) is 6.07 Å². The normalized spacial score (nSPS) is 10.3. The van der Waals surface area contributed by atoms with Gasteiger partial charge < -0.3 is 4.57 Å². The van der Waals surface area contributed by atoms with E-state index in [1.807, 2.05) is 22.8 Å². The van der Waals surface area contributed by atoms with Crippen molar-refractivity contribution in [2.75, 3.05) is 0 Å². The molecule has 0 fully saturated rings. The highest BCUT2D eigenvalue weighted by molar-refractivity contribution is 6.16. The monoisotopic (exact) mass is 260 g/mol. The Kier molecular flexibility index (Phi) is 3.96. The molecule has 0 spiro atoms. The number of alkyl halides is 1. The van der Waals surface area contributed by atoms with Crippen LogP contribution in [0.1, 0.15) is 24.7 Å². The van der Waals surface area contributed by atoms with Crippen LogP contribution in [-0.2, 0) is 12.4 Å². The van der Waals surface area contributed by atoms with Crippen molar-refractivity contribution in [1.29, 1.82) is 5.26 Å². The molecule has 2 aromatic rings. The summed E-state index contributed by atoms with van der Waals surface area (Å²) >= 11 is 5.85. The summed E-state index contributed by atoms with van der Waals surface area (Å²) in [6, 6.07) is 9.48. The maximum Gasteiger partial charge on any atom is 0.164 e. The minimum Gasteiger partial charge on any atom is -0.310 e. The van der Waals surface area contributed by atoms with Gasteiger partial charge in [0.25, 0.3) is 0 Å². The van der Waals surface area contributed by atoms with Gasteiger partial charge in [-0.1, -0.05) is 19.1 Å². The Bertz CT molecular complexity index is 583. The Balaban J connectivity index is 2.49. The number of aromatic nitrogens is 3. The minimum absolute atomic E-state index is 0.338. The molecule has 0 bridgehead atoms. The lowest BCUT2D eigenvalue weighted by Crippen LogP contribution is -2.04. The van der Waals surface area contributed by atoms with Crippen LogP contribution in [0.25, 0.3) is 11.4 Å².